The maximum Gasteiger partial charge on any atom is 0.0724 e. The van der Waals surface area contributed by atoms with Gasteiger partial charge in [0.25, 0.3) is 0 Å². The van der Waals surface area contributed by atoms with E-state index in [9.17, 15) is 10.2 Å². The van der Waals surface area contributed by atoms with E-state index in [2.05, 4.69) is 26.0 Å². The van der Waals surface area contributed by atoms with Gasteiger partial charge in [-0.1, -0.05) is 37.6 Å². The standard InChI is InChI=1S/C19H29NO2/c1-18-7-5-12(21)9-11(18)10-15(20)17-13-3-4-16(22)19(13,2)8-6-14(17)18/h5-7,11-13,15-17,21-22H,3-4,8-10,20H2,1-2H3/t11?,12-,13-,15-,16-,17-,18-,19-/m0/s1. The van der Waals surface area contributed by atoms with Gasteiger partial charge in [0.15, 0.2) is 0 Å². The lowest BCUT2D eigenvalue weighted by Crippen LogP contribution is -2.55. The zero-order chi connectivity index (χ0) is 15.7. The second-order valence-corrected chi connectivity index (χ2v) is 8.64. The van der Waals surface area contributed by atoms with Gasteiger partial charge in [0, 0.05) is 16.9 Å². The highest BCUT2D eigenvalue weighted by Crippen LogP contribution is 2.62. The Balaban J connectivity index is 1.78. The van der Waals surface area contributed by atoms with Gasteiger partial charge in [0.1, 0.15) is 0 Å². The average Bonchev–Trinajstić information content (AvgIpc) is 2.77. The van der Waals surface area contributed by atoms with E-state index in [1.54, 1.807) is 0 Å². The highest BCUT2D eigenvalue weighted by Gasteiger charge is 2.58. The smallest absolute Gasteiger partial charge is 0.0724 e. The lowest BCUT2D eigenvalue weighted by Gasteiger charge is -2.56. The maximum absolute atomic E-state index is 10.5. The van der Waals surface area contributed by atoms with Crippen LogP contribution in [0.3, 0.4) is 0 Å². The summed E-state index contributed by atoms with van der Waals surface area (Å²) >= 11 is 0. The van der Waals surface area contributed by atoms with Crippen molar-refractivity contribution < 1.29 is 10.2 Å². The molecule has 0 radical (unpaired) electrons. The van der Waals surface area contributed by atoms with E-state index in [4.69, 9.17) is 5.73 Å². The lowest BCUT2D eigenvalue weighted by atomic mass is 9.49. The molecule has 3 nitrogen and oxygen atoms in total. The van der Waals surface area contributed by atoms with Crippen molar-refractivity contribution in [2.75, 3.05) is 0 Å². The molecule has 122 valence electrons. The first kappa shape index (κ1) is 14.9. The summed E-state index contributed by atoms with van der Waals surface area (Å²) in [7, 11) is 0. The third-order valence-corrected chi connectivity index (χ3v) is 7.59. The summed E-state index contributed by atoms with van der Waals surface area (Å²) in [6.45, 7) is 4.59. The van der Waals surface area contributed by atoms with Crippen LogP contribution in [0.25, 0.3) is 0 Å². The van der Waals surface area contributed by atoms with Gasteiger partial charge in [-0.25, -0.2) is 0 Å². The fraction of sp³-hybridized carbons (Fsp3) is 0.789. The third kappa shape index (κ3) is 1.79. The summed E-state index contributed by atoms with van der Waals surface area (Å²) in [5.74, 6) is 1.35. The number of rotatable bonds is 0. The number of hydrogen-bond donors (Lipinski definition) is 3. The molecule has 4 aliphatic rings. The van der Waals surface area contributed by atoms with Crippen molar-refractivity contribution in [2.45, 2.75) is 64.2 Å². The summed E-state index contributed by atoms with van der Waals surface area (Å²) in [4.78, 5) is 0. The first-order valence-electron chi connectivity index (χ1n) is 8.88. The fourth-order valence-corrected chi connectivity index (χ4v) is 6.12. The Labute approximate surface area is 133 Å². The molecule has 0 spiro atoms. The number of nitrogens with two attached hydrogens (primary N) is 1. The molecular weight excluding hydrogens is 274 g/mol. The normalized spacial score (nSPS) is 56.9. The Kier molecular flexibility index (Phi) is 3.18. The maximum atomic E-state index is 10.5. The Morgan fingerprint density at radius 3 is 2.73 bits per heavy atom. The highest BCUT2D eigenvalue weighted by atomic mass is 16.3. The second kappa shape index (κ2) is 4.68. The number of fused-ring (bicyclic) bond motifs is 5. The van der Waals surface area contributed by atoms with Gasteiger partial charge in [-0.05, 0) is 49.9 Å². The highest BCUT2D eigenvalue weighted by molar-refractivity contribution is 5.35. The van der Waals surface area contributed by atoms with Crippen molar-refractivity contribution >= 4 is 0 Å². The molecular formula is C19H29NO2. The van der Waals surface area contributed by atoms with Crippen LogP contribution in [0.4, 0.5) is 0 Å². The summed E-state index contributed by atoms with van der Waals surface area (Å²) in [6, 6.07) is 0.165. The predicted molar refractivity (Wildman–Crippen MR) is 87.0 cm³/mol. The zero-order valence-corrected chi connectivity index (χ0v) is 13.7. The van der Waals surface area contributed by atoms with Crippen LogP contribution in [0, 0.1) is 28.6 Å². The van der Waals surface area contributed by atoms with E-state index in [0.29, 0.717) is 17.8 Å². The molecule has 0 heterocycles. The average molecular weight is 303 g/mol. The van der Waals surface area contributed by atoms with E-state index in [0.717, 1.165) is 32.1 Å². The van der Waals surface area contributed by atoms with Crippen LogP contribution in [0.5, 0.6) is 0 Å². The van der Waals surface area contributed by atoms with Gasteiger partial charge in [-0.15, -0.1) is 0 Å². The second-order valence-electron chi connectivity index (χ2n) is 8.64. The molecule has 2 fully saturated rings. The van der Waals surface area contributed by atoms with Crippen LogP contribution in [-0.4, -0.2) is 28.5 Å². The zero-order valence-electron chi connectivity index (χ0n) is 13.7. The van der Waals surface area contributed by atoms with Gasteiger partial charge < -0.3 is 15.9 Å². The molecule has 0 aromatic rings. The molecule has 4 rings (SSSR count). The summed E-state index contributed by atoms with van der Waals surface area (Å²) in [6.07, 6.45) is 10.9. The summed E-state index contributed by atoms with van der Waals surface area (Å²) < 4.78 is 0. The van der Waals surface area contributed by atoms with Crippen LogP contribution in [0.15, 0.2) is 23.8 Å². The molecule has 2 saturated carbocycles. The van der Waals surface area contributed by atoms with Crippen molar-refractivity contribution in [3.05, 3.63) is 23.8 Å². The largest absolute Gasteiger partial charge is 0.393 e. The number of allylic oxidation sites excluding steroid dienone is 2. The predicted octanol–water partition coefficient (Wildman–Crippen LogP) is 2.38. The van der Waals surface area contributed by atoms with E-state index < -0.39 is 0 Å². The number of aliphatic hydroxyl groups excluding tert-OH is 2. The Morgan fingerprint density at radius 2 is 1.95 bits per heavy atom. The number of aliphatic hydroxyl groups is 2. The fourth-order valence-electron chi connectivity index (χ4n) is 6.12. The minimum Gasteiger partial charge on any atom is -0.393 e. The quantitative estimate of drug-likeness (QED) is 0.602. The molecule has 0 amide bonds. The monoisotopic (exact) mass is 303 g/mol. The third-order valence-electron chi connectivity index (χ3n) is 7.59. The van der Waals surface area contributed by atoms with Gasteiger partial charge in [-0.2, -0.15) is 0 Å². The van der Waals surface area contributed by atoms with Crippen molar-refractivity contribution in [1.29, 1.82) is 0 Å². The SMILES string of the molecule is C[C@]12CC=C3[C@@H]([C@@H](N)CC4C[C@@H](O)C=C[C@]34C)[C@@H]1CC[C@@H]2O. The van der Waals surface area contributed by atoms with Crippen molar-refractivity contribution in [3.63, 3.8) is 0 Å². The van der Waals surface area contributed by atoms with Gasteiger partial charge in [-0.3, -0.25) is 0 Å². The van der Waals surface area contributed by atoms with Crippen LogP contribution < -0.4 is 5.73 Å². The number of hydrogen-bond acceptors (Lipinski definition) is 3. The minimum absolute atomic E-state index is 0.00682. The molecule has 3 heteroatoms. The molecule has 4 N–H and O–H groups in total. The topological polar surface area (TPSA) is 66.5 Å². The van der Waals surface area contributed by atoms with E-state index in [-0.39, 0.29) is 29.1 Å². The van der Waals surface area contributed by atoms with Crippen molar-refractivity contribution in [2.24, 2.45) is 34.3 Å². The molecule has 1 unspecified atom stereocenters. The Bertz CT molecular complexity index is 542. The molecule has 0 bridgehead atoms. The molecule has 22 heavy (non-hydrogen) atoms. The van der Waals surface area contributed by atoms with Crippen molar-refractivity contribution in [3.8, 4) is 0 Å². The van der Waals surface area contributed by atoms with Crippen molar-refractivity contribution in [1.82, 2.24) is 0 Å². The van der Waals surface area contributed by atoms with E-state index in [1.807, 2.05) is 6.08 Å². The van der Waals surface area contributed by atoms with Crippen LogP contribution in [-0.2, 0) is 0 Å². The molecule has 4 aliphatic carbocycles. The molecule has 0 aliphatic heterocycles. The van der Waals surface area contributed by atoms with Gasteiger partial charge >= 0.3 is 0 Å². The Hall–Kier alpha value is -0.640. The first-order valence-corrected chi connectivity index (χ1v) is 8.88. The van der Waals surface area contributed by atoms with E-state index in [1.165, 1.54) is 5.57 Å². The molecule has 0 aromatic carbocycles. The summed E-state index contributed by atoms with van der Waals surface area (Å²) in [5, 5.41) is 20.5. The van der Waals surface area contributed by atoms with E-state index >= 15 is 0 Å². The van der Waals surface area contributed by atoms with Crippen LogP contribution in [0.2, 0.25) is 0 Å². The van der Waals surface area contributed by atoms with Crippen LogP contribution >= 0.6 is 0 Å². The van der Waals surface area contributed by atoms with Gasteiger partial charge in [0.2, 0.25) is 0 Å². The van der Waals surface area contributed by atoms with Gasteiger partial charge in [0.05, 0.1) is 12.2 Å². The summed E-state index contributed by atoms with van der Waals surface area (Å²) in [5.41, 5.74) is 8.19. The lowest BCUT2D eigenvalue weighted by molar-refractivity contribution is -0.00479. The molecule has 0 aromatic heterocycles. The minimum atomic E-state index is -0.315. The van der Waals surface area contributed by atoms with Crippen LogP contribution in [0.1, 0.15) is 46.0 Å². The first-order chi connectivity index (χ1) is 10.4. The molecule has 8 atom stereocenters. The molecule has 0 saturated heterocycles. The Morgan fingerprint density at radius 1 is 1.18 bits per heavy atom.